The van der Waals surface area contributed by atoms with E-state index >= 15 is 0 Å². The van der Waals surface area contributed by atoms with Crippen molar-refractivity contribution in [3.63, 3.8) is 0 Å². The number of alkyl halides is 3. The summed E-state index contributed by atoms with van der Waals surface area (Å²) in [5.41, 5.74) is 0.488. The van der Waals surface area contributed by atoms with Crippen LogP contribution in [0.5, 0.6) is 0 Å². The van der Waals surface area contributed by atoms with Crippen LogP contribution in [0.4, 0.5) is 18.9 Å². The highest BCUT2D eigenvalue weighted by Gasteiger charge is 2.35. The summed E-state index contributed by atoms with van der Waals surface area (Å²) in [5.74, 6) is -0.776. The highest BCUT2D eigenvalue weighted by molar-refractivity contribution is 6.21. The molecule has 2 aromatic rings. The van der Waals surface area contributed by atoms with E-state index in [1.807, 2.05) is 0 Å². The minimum Gasteiger partial charge on any atom is -0.379 e. The van der Waals surface area contributed by atoms with Crippen molar-refractivity contribution < 1.29 is 22.8 Å². The van der Waals surface area contributed by atoms with Gasteiger partial charge in [-0.25, -0.2) is 0 Å². The van der Waals surface area contributed by atoms with Gasteiger partial charge in [-0.1, -0.05) is 0 Å². The quantitative estimate of drug-likeness (QED) is 0.872. The molecule has 2 amide bonds. The molecular formula is C15H13F3N4O2. The Balaban J connectivity index is 1.79. The number of hydrogen-bond acceptors (Lipinski definition) is 4. The standard InChI is InChI=1S/C15H13F3N4O2/c1-21-13(23)10-4-3-8(5-11(10)14(21)24)19-7-9-6-12(15(16,17)18)20-22(9)2/h3-6,19H,7H2,1-2H3. The number of benzene rings is 1. The lowest BCUT2D eigenvalue weighted by Gasteiger charge is -2.07. The van der Waals surface area contributed by atoms with E-state index in [1.54, 1.807) is 6.07 Å². The van der Waals surface area contributed by atoms with Gasteiger partial charge in [-0.3, -0.25) is 19.2 Å². The van der Waals surface area contributed by atoms with Crippen LogP contribution in [0.15, 0.2) is 24.3 Å². The zero-order chi connectivity index (χ0) is 17.6. The van der Waals surface area contributed by atoms with Crippen LogP contribution < -0.4 is 5.32 Å². The number of carbonyl (C=O) groups excluding carboxylic acids is 2. The number of nitrogens with one attached hydrogen (secondary N) is 1. The van der Waals surface area contributed by atoms with Gasteiger partial charge in [0.25, 0.3) is 11.8 Å². The highest BCUT2D eigenvalue weighted by atomic mass is 19.4. The fourth-order valence-corrected chi connectivity index (χ4v) is 2.47. The van der Waals surface area contributed by atoms with Crippen LogP contribution >= 0.6 is 0 Å². The van der Waals surface area contributed by atoms with Crippen molar-refractivity contribution in [1.29, 1.82) is 0 Å². The molecule has 1 aromatic carbocycles. The molecule has 0 bridgehead atoms. The third-order valence-electron chi connectivity index (χ3n) is 3.83. The van der Waals surface area contributed by atoms with Gasteiger partial charge in [-0.15, -0.1) is 0 Å². The Morgan fingerprint density at radius 2 is 1.75 bits per heavy atom. The smallest absolute Gasteiger partial charge is 0.379 e. The van der Waals surface area contributed by atoms with E-state index in [9.17, 15) is 22.8 Å². The van der Waals surface area contributed by atoms with E-state index in [0.29, 0.717) is 16.9 Å². The molecule has 0 saturated heterocycles. The lowest BCUT2D eigenvalue weighted by atomic mass is 10.1. The number of anilines is 1. The monoisotopic (exact) mass is 338 g/mol. The van der Waals surface area contributed by atoms with E-state index in [0.717, 1.165) is 15.6 Å². The Morgan fingerprint density at radius 3 is 2.38 bits per heavy atom. The fraction of sp³-hybridized carbons (Fsp3) is 0.267. The Bertz CT molecular complexity index is 842. The molecule has 0 aliphatic carbocycles. The summed E-state index contributed by atoms with van der Waals surface area (Å²) in [6.07, 6.45) is -4.50. The van der Waals surface area contributed by atoms with E-state index in [4.69, 9.17) is 0 Å². The van der Waals surface area contributed by atoms with E-state index in [-0.39, 0.29) is 18.0 Å². The van der Waals surface area contributed by atoms with Gasteiger partial charge >= 0.3 is 6.18 Å². The maximum Gasteiger partial charge on any atom is 0.435 e. The van der Waals surface area contributed by atoms with E-state index in [2.05, 4.69) is 10.4 Å². The van der Waals surface area contributed by atoms with Crippen LogP contribution in [0.25, 0.3) is 0 Å². The maximum absolute atomic E-state index is 12.6. The van der Waals surface area contributed by atoms with Gasteiger partial charge < -0.3 is 5.32 Å². The third-order valence-corrected chi connectivity index (χ3v) is 3.83. The number of rotatable bonds is 3. The normalized spacial score (nSPS) is 14.3. The number of halogens is 3. The molecule has 0 fully saturated rings. The first kappa shape index (κ1) is 16.0. The summed E-state index contributed by atoms with van der Waals surface area (Å²) in [4.78, 5) is 24.8. The number of nitrogens with zero attached hydrogens (tertiary/aromatic N) is 3. The molecule has 0 saturated carbocycles. The molecule has 0 radical (unpaired) electrons. The van der Waals surface area contributed by atoms with Crippen LogP contribution in [0.2, 0.25) is 0 Å². The molecule has 1 aromatic heterocycles. The Kier molecular flexibility index (Phi) is 3.58. The van der Waals surface area contributed by atoms with Crippen molar-refractivity contribution in [2.24, 2.45) is 7.05 Å². The van der Waals surface area contributed by atoms with Gasteiger partial charge in [-0.2, -0.15) is 18.3 Å². The molecule has 9 heteroatoms. The molecule has 3 rings (SSSR count). The summed E-state index contributed by atoms with van der Waals surface area (Å²) in [5, 5.41) is 6.37. The summed E-state index contributed by atoms with van der Waals surface area (Å²) in [6.45, 7) is 0.0936. The Hall–Kier alpha value is -2.84. The molecule has 1 N–H and O–H groups in total. The highest BCUT2D eigenvalue weighted by Crippen LogP contribution is 2.29. The summed E-state index contributed by atoms with van der Waals surface area (Å²) < 4.78 is 39.1. The lowest BCUT2D eigenvalue weighted by Crippen LogP contribution is -2.24. The van der Waals surface area contributed by atoms with Crippen LogP contribution in [0, 0.1) is 0 Å². The largest absolute Gasteiger partial charge is 0.435 e. The van der Waals surface area contributed by atoms with Crippen LogP contribution in [-0.4, -0.2) is 33.5 Å². The number of fused-ring (bicyclic) bond motifs is 1. The van der Waals surface area contributed by atoms with Gasteiger partial charge in [0, 0.05) is 19.8 Å². The molecule has 0 unspecified atom stereocenters. The van der Waals surface area contributed by atoms with Crippen molar-refractivity contribution >= 4 is 17.5 Å². The minimum absolute atomic E-state index is 0.0936. The summed E-state index contributed by atoms with van der Waals surface area (Å²) in [7, 11) is 2.82. The van der Waals surface area contributed by atoms with Crippen LogP contribution in [0.3, 0.4) is 0 Å². The number of aryl methyl sites for hydroxylation is 1. The van der Waals surface area contributed by atoms with Gasteiger partial charge in [0.15, 0.2) is 5.69 Å². The average molecular weight is 338 g/mol. The Labute approximate surface area is 134 Å². The van der Waals surface area contributed by atoms with Crippen LogP contribution in [-0.2, 0) is 19.8 Å². The topological polar surface area (TPSA) is 67.2 Å². The molecule has 24 heavy (non-hydrogen) atoms. The molecule has 126 valence electrons. The first-order chi connectivity index (χ1) is 11.2. The first-order valence-corrected chi connectivity index (χ1v) is 6.99. The molecule has 6 nitrogen and oxygen atoms in total. The number of hydrogen-bond donors (Lipinski definition) is 1. The minimum atomic E-state index is -4.50. The fourth-order valence-electron chi connectivity index (χ4n) is 2.47. The second kappa shape index (κ2) is 5.36. The van der Waals surface area contributed by atoms with Crippen LogP contribution in [0.1, 0.15) is 32.1 Å². The molecule has 2 heterocycles. The van der Waals surface area contributed by atoms with Crippen molar-refractivity contribution in [3.05, 3.63) is 46.8 Å². The lowest BCUT2D eigenvalue weighted by molar-refractivity contribution is -0.141. The third kappa shape index (κ3) is 2.61. The second-order valence-corrected chi connectivity index (χ2v) is 5.43. The number of carbonyl (C=O) groups is 2. The first-order valence-electron chi connectivity index (χ1n) is 6.99. The molecule has 1 aliphatic rings. The second-order valence-electron chi connectivity index (χ2n) is 5.43. The zero-order valence-corrected chi connectivity index (χ0v) is 12.8. The van der Waals surface area contributed by atoms with Crippen molar-refractivity contribution in [3.8, 4) is 0 Å². The maximum atomic E-state index is 12.6. The molecule has 0 spiro atoms. The van der Waals surface area contributed by atoms with E-state index < -0.39 is 17.8 Å². The average Bonchev–Trinajstić information content (AvgIpc) is 3.00. The number of aromatic nitrogens is 2. The molecular weight excluding hydrogens is 325 g/mol. The van der Waals surface area contributed by atoms with Gasteiger partial charge in [0.1, 0.15) is 0 Å². The molecule has 1 aliphatic heterocycles. The zero-order valence-electron chi connectivity index (χ0n) is 12.8. The predicted molar refractivity (Wildman–Crippen MR) is 78.4 cm³/mol. The van der Waals surface area contributed by atoms with Gasteiger partial charge in [-0.05, 0) is 24.3 Å². The van der Waals surface area contributed by atoms with Gasteiger partial charge in [0.05, 0.1) is 23.4 Å². The van der Waals surface area contributed by atoms with Crippen molar-refractivity contribution in [2.75, 3.05) is 12.4 Å². The summed E-state index contributed by atoms with van der Waals surface area (Å²) >= 11 is 0. The number of imide groups is 1. The van der Waals surface area contributed by atoms with Crippen molar-refractivity contribution in [1.82, 2.24) is 14.7 Å². The van der Waals surface area contributed by atoms with Crippen molar-refractivity contribution in [2.45, 2.75) is 12.7 Å². The Morgan fingerprint density at radius 1 is 1.08 bits per heavy atom. The van der Waals surface area contributed by atoms with E-state index in [1.165, 1.54) is 26.2 Å². The number of amides is 2. The predicted octanol–water partition coefficient (Wildman–Crippen LogP) is 2.28. The summed E-state index contributed by atoms with van der Waals surface area (Å²) in [6, 6.07) is 5.60. The SMILES string of the molecule is CN1C(=O)c2ccc(NCc3cc(C(F)(F)F)nn3C)cc2C1=O. The molecule has 0 atom stereocenters. The van der Waals surface area contributed by atoms with Gasteiger partial charge in [0.2, 0.25) is 0 Å².